The molecule has 15 heavy (non-hydrogen) atoms. The number of hydrogen-bond donors (Lipinski definition) is 4. The maximum absolute atomic E-state index is 10.2. The van der Waals surface area contributed by atoms with Crippen LogP contribution >= 0.6 is 0 Å². The van der Waals surface area contributed by atoms with Crippen molar-refractivity contribution in [1.29, 1.82) is 0 Å². The Bertz CT molecular complexity index is 325. The maximum Gasteiger partial charge on any atom is 0.266 e. The molecule has 0 fully saturated rings. The summed E-state index contributed by atoms with van der Waals surface area (Å²) >= 11 is 0. The molecule has 0 heterocycles. The molecular formula is C5H14N2O6S2. The monoisotopic (exact) mass is 262 g/mol. The van der Waals surface area contributed by atoms with Crippen molar-refractivity contribution in [2.24, 2.45) is 0 Å². The van der Waals surface area contributed by atoms with Gasteiger partial charge in [-0.05, 0) is 6.42 Å². The van der Waals surface area contributed by atoms with Crippen LogP contribution in [0.2, 0.25) is 0 Å². The molecule has 0 aromatic carbocycles. The van der Waals surface area contributed by atoms with Gasteiger partial charge in [0.25, 0.3) is 20.2 Å². The Labute approximate surface area is 88.5 Å². The molecule has 4 N–H and O–H groups in total. The van der Waals surface area contributed by atoms with E-state index in [1.807, 2.05) is 0 Å². The molecule has 0 saturated heterocycles. The Balaban J connectivity index is 3.34. The van der Waals surface area contributed by atoms with Gasteiger partial charge in [-0.1, -0.05) is 0 Å². The molecule has 10 heteroatoms. The summed E-state index contributed by atoms with van der Waals surface area (Å²) in [6.45, 7) is 0.260. The molecule has 0 unspecified atom stereocenters. The normalized spacial score (nSPS) is 12.9. The van der Waals surface area contributed by atoms with E-state index >= 15 is 0 Å². The third kappa shape index (κ3) is 13.7. The fourth-order valence-electron chi connectivity index (χ4n) is 0.700. The first-order valence-corrected chi connectivity index (χ1v) is 7.28. The first kappa shape index (κ1) is 14.7. The summed E-state index contributed by atoms with van der Waals surface area (Å²) in [5.41, 5.74) is 4.99. The number of hydrogen-bond acceptors (Lipinski definition) is 6. The van der Waals surface area contributed by atoms with Crippen LogP contribution < -0.4 is 10.9 Å². The van der Waals surface area contributed by atoms with Gasteiger partial charge in [0.1, 0.15) is 0 Å². The molecular weight excluding hydrogens is 248 g/mol. The highest BCUT2D eigenvalue weighted by molar-refractivity contribution is 7.86. The van der Waals surface area contributed by atoms with Crippen LogP contribution in [0.3, 0.4) is 0 Å². The molecule has 0 bridgehead atoms. The topological polar surface area (TPSA) is 133 Å². The van der Waals surface area contributed by atoms with Crippen LogP contribution in [0.15, 0.2) is 0 Å². The fraction of sp³-hybridized carbons (Fsp3) is 1.00. The van der Waals surface area contributed by atoms with Gasteiger partial charge in [0.15, 0.2) is 0 Å². The Morgan fingerprint density at radius 2 is 1.27 bits per heavy atom. The minimum atomic E-state index is -3.98. The summed E-state index contributed by atoms with van der Waals surface area (Å²) in [5, 5.41) is 0. The van der Waals surface area contributed by atoms with Crippen molar-refractivity contribution in [3.05, 3.63) is 0 Å². The third-order valence-corrected chi connectivity index (χ3v) is 2.84. The van der Waals surface area contributed by atoms with Crippen molar-refractivity contribution in [3.63, 3.8) is 0 Å². The summed E-state index contributed by atoms with van der Waals surface area (Å²) in [6.07, 6.45) is 0.192. The van der Waals surface area contributed by atoms with Crippen molar-refractivity contribution in [2.45, 2.75) is 6.42 Å². The summed E-state index contributed by atoms with van der Waals surface area (Å²) in [6, 6.07) is 0. The van der Waals surface area contributed by atoms with E-state index in [1.165, 1.54) is 0 Å². The molecule has 0 atom stereocenters. The van der Waals surface area contributed by atoms with Gasteiger partial charge >= 0.3 is 0 Å². The SMILES string of the molecule is O=S(=O)(O)CCCNNCCS(=O)(=O)O. The summed E-state index contributed by atoms with van der Waals surface area (Å²) in [5.74, 6) is -0.793. The molecule has 8 nitrogen and oxygen atoms in total. The highest BCUT2D eigenvalue weighted by atomic mass is 32.2. The van der Waals surface area contributed by atoms with Crippen molar-refractivity contribution in [1.82, 2.24) is 10.9 Å². The average Bonchev–Trinajstić information content (AvgIpc) is 1.98. The van der Waals surface area contributed by atoms with E-state index in [9.17, 15) is 16.8 Å². The van der Waals surface area contributed by atoms with Gasteiger partial charge in [-0.3, -0.25) is 20.0 Å². The van der Waals surface area contributed by atoms with Gasteiger partial charge in [-0.15, -0.1) is 0 Å². The predicted molar refractivity (Wildman–Crippen MR) is 53.5 cm³/mol. The van der Waals surface area contributed by atoms with E-state index in [0.29, 0.717) is 0 Å². The second-order valence-corrected chi connectivity index (χ2v) is 5.92. The third-order valence-electron chi connectivity index (χ3n) is 1.31. The lowest BCUT2D eigenvalue weighted by atomic mass is 10.5. The lowest BCUT2D eigenvalue weighted by Crippen LogP contribution is -2.36. The van der Waals surface area contributed by atoms with E-state index in [0.717, 1.165) is 0 Å². The zero-order valence-electron chi connectivity index (χ0n) is 7.88. The maximum atomic E-state index is 10.2. The molecule has 0 aromatic rings. The number of rotatable bonds is 8. The van der Waals surface area contributed by atoms with Gasteiger partial charge in [0.05, 0.1) is 11.5 Å². The molecule has 0 aliphatic rings. The highest BCUT2D eigenvalue weighted by Gasteiger charge is 2.04. The van der Waals surface area contributed by atoms with Crippen LogP contribution in [0.4, 0.5) is 0 Å². The van der Waals surface area contributed by atoms with Gasteiger partial charge in [0.2, 0.25) is 0 Å². The standard InChI is InChI=1S/C5H14N2O6S2/c8-14(9,10)4-1-2-6-7-3-5-15(11,12)13/h6-7H,1-5H2,(H,8,9,10)(H,11,12,13). The van der Waals surface area contributed by atoms with Gasteiger partial charge in [-0.2, -0.15) is 16.8 Å². The smallest absolute Gasteiger partial charge is 0.266 e. The van der Waals surface area contributed by atoms with Crippen LogP contribution in [0.5, 0.6) is 0 Å². The molecule has 0 amide bonds. The van der Waals surface area contributed by atoms with Crippen molar-refractivity contribution in [3.8, 4) is 0 Å². The van der Waals surface area contributed by atoms with Crippen LogP contribution in [0.25, 0.3) is 0 Å². The summed E-state index contributed by atoms with van der Waals surface area (Å²) in [4.78, 5) is 0. The second kappa shape index (κ2) is 6.35. The van der Waals surface area contributed by atoms with Crippen molar-refractivity contribution < 1.29 is 25.9 Å². The first-order chi connectivity index (χ1) is 6.71. The number of hydrazine groups is 1. The summed E-state index contributed by atoms with van der Waals surface area (Å²) < 4.78 is 57.6. The Hall–Kier alpha value is -0.260. The molecule has 0 rings (SSSR count). The molecule has 0 aromatic heterocycles. The first-order valence-electron chi connectivity index (χ1n) is 4.07. The number of nitrogens with one attached hydrogen (secondary N) is 2. The van der Waals surface area contributed by atoms with E-state index in [2.05, 4.69) is 10.9 Å². The van der Waals surface area contributed by atoms with Crippen molar-refractivity contribution in [2.75, 3.05) is 24.6 Å². The Morgan fingerprint density at radius 3 is 1.73 bits per heavy atom. The second-order valence-electron chi connectivity index (χ2n) is 2.78. The minimum absolute atomic E-state index is 0.00467. The van der Waals surface area contributed by atoms with Gasteiger partial charge in [0, 0.05) is 13.1 Å². The molecule has 0 aliphatic carbocycles. The van der Waals surface area contributed by atoms with Gasteiger partial charge in [-0.25, -0.2) is 0 Å². The minimum Gasteiger partial charge on any atom is -0.286 e. The van der Waals surface area contributed by atoms with Crippen LogP contribution in [-0.2, 0) is 20.2 Å². The molecule has 0 saturated carbocycles. The molecule has 92 valence electrons. The van der Waals surface area contributed by atoms with E-state index < -0.39 is 26.0 Å². The van der Waals surface area contributed by atoms with Crippen LogP contribution in [0.1, 0.15) is 6.42 Å². The molecule has 0 radical (unpaired) electrons. The van der Waals surface area contributed by atoms with E-state index in [-0.39, 0.29) is 25.3 Å². The van der Waals surface area contributed by atoms with E-state index in [1.54, 1.807) is 0 Å². The molecule has 0 aliphatic heterocycles. The van der Waals surface area contributed by atoms with E-state index in [4.69, 9.17) is 9.11 Å². The average molecular weight is 262 g/mol. The summed E-state index contributed by atoms with van der Waals surface area (Å²) in [7, 11) is -7.92. The highest BCUT2D eigenvalue weighted by Crippen LogP contribution is 1.85. The van der Waals surface area contributed by atoms with Crippen molar-refractivity contribution >= 4 is 20.2 Å². The van der Waals surface area contributed by atoms with Crippen LogP contribution in [-0.4, -0.2) is 50.5 Å². The zero-order valence-corrected chi connectivity index (χ0v) is 9.51. The fourth-order valence-corrected chi connectivity index (χ4v) is 1.57. The lowest BCUT2D eigenvalue weighted by molar-refractivity contribution is 0.471. The zero-order chi connectivity index (χ0) is 11.9. The quantitative estimate of drug-likeness (QED) is 0.230. The molecule has 0 spiro atoms. The Morgan fingerprint density at radius 1 is 0.800 bits per heavy atom. The lowest BCUT2D eigenvalue weighted by Gasteiger charge is -2.04. The largest absolute Gasteiger partial charge is 0.286 e. The Kier molecular flexibility index (Phi) is 6.24. The predicted octanol–water partition coefficient (Wildman–Crippen LogP) is -1.75. The van der Waals surface area contributed by atoms with Crippen LogP contribution in [0, 0.1) is 0 Å². The van der Waals surface area contributed by atoms with Gasteiger partial charge < -0.3 is 0 Å².